The summed E-state index contributed by atoms with van der Waals surface area (Å²) < 4.78 is 0. The van der Waals surface area contributed by atoms with E-state index in [4.69, 9.17) is 0 Å². The molecule has 0 amide bonds. The Hall–Kier alpha value is -0.820. The molecular formula is C14H21N. The Labute approximate surface area is 93.1 Å². The van der Waals surface area contributed by atoms with Gasteiger partial charge >= 0.3 is 0 Å². The average molecular weight is 203 g/mol. The summed E-state index contributed by atoms with van der Waals surface area (Å²) in [5, 5.41) is 0. The second-order valence-electron chi connectivity index (χ2n) is 5.07. The van der Waals surface area contributed by atoms with E-state index in [1.165, 1.54) is 30.6 Å². The molecule has 1 nitrogen and oxygen atoms in total. The molecule has 82 valence electrons. The fraction of sp³-hybridized carbons (Fsp3) is 0.571. The Morgan fingerprint density at radius 3 is 2.33 bits per heavy atom. The molecule has 1 fully saturated rings. The van der Waals surface area contributed by atoms with Crippen LogP contribution in [0.3, 0.4) is 0 Å². The molecule has 0 radical (unpaired) electrons. The first kappa shape index (κ1) is 10.7. The van der Waals surface area contributed by atoms with Gasteiger partial charge in [-0.1, -0.05) is 38.1 Å². The quantitative estimate of drug-likeness (QED) is 0.713. The first-order valence-corrected chi connectivity index (χ1v) is 5.95. The normalized spacial score (nSPS) is 22.5. The summed E-state index contributed by atoms with van der Waals surface area (Å²) in [5.74, 6) is 1.40. The molecule has 15 heavy (non-hydrogen) atoms. The van der Waals surface area contributed by atoms with Crippen LogP contribution in [-0.4, -0.2) is 25.0 Å². The van der Waals surface area contributed by atoms with Crippen molar-refractivity contribution in [1.29, 1.82) is 0 Å². The third-order valence-electron chi connectivity index (χ3n) is 3.47. The molecule has 1 atom stereocenters. The van der Waals surface area contributed by atoms with E-state index in [1.807, 2.05) is 0 Å². The molecule has 1 aromatic rings. The average Bonchev–Trinajstić information content (AvgIpc) is 2.65. The zero-order valence-corrected chi connectivity index (χ0v) is 10.0. The lowest BCUT2D eigenvalue weighted by atomic mass is 9.95. The highest BCUT2D eigenvalue weighted by Crippen LogP contribution is 2.27. The molecule has 0 aromatic heterocycles. The molecule has 0 aliphatic carbocycles. The first-order chi connectivity index (χ1) is 7.16. The molecule has 1 unspecified atom stereocenters. The summed E-state index contributed by atoms with van der Waals surface area (Å²) in [6.45, 7) is 6.97. The SMILES string of the molecule is CC(C)c1ccc(C2CCN(C)C2)cc1. The summed E-state index contributed by atoms with van der Waals surface area (Å²) in [6.07, 6.45) is 1.32. The zero-order valence-electron chi connectivity index (χ0n) is 10.0. The number of likely N-dealkylation sites (N-methyl/N-ethyl adjacent to an activating group) is 1. The molecule has 0 saturated carbocycles. The predicted octanol–water partition coefficient (Wildman–Crippen LogP) is 3.23. The topological polar surface area (TPSA) is 3.24 Å². The molecule has 1 heterocycles. The van der Waals surface area contributed by atoms with Crippen LogP contribution < -0.4 is 0 Å². The van der Waals surface area contributed by atoms with Crippen molar-refractivity contribution in [1.82, 2.24) is 4.90 Å². The van der Waals surface area contributed by atoms with E-state index in [1.54, 1.807) is 0 Å². The minimum atomic E-state index is 0.644. The summed E-state index contributed by atoms with van der Waals surface area (Å²) in [4.78, 5) is 2.42. The van der Waals surface area contributed by atoms with Crippen molar-refractivity contribution >= 4 is 0 Å². The highest BCUT2D eigenvalue weighted by molar-refractivity contribution is 5.28. The van der Waals surface area contributed by atoms with Crippen LogP contribution in [0.15, 0.2) is 24.3 Å². The van der Waals surface area contributed by atoms with Gasteiger partial charge in [0.2, 0.25) is 0 Å². The molecular weight excluding hydrogens is 182 g/mol. The molecule has 0 spiro atoms. The lowest BCUT2D eigenvalue weighted by Gasteiger charge is -2.12. The standard InChI is InChI=1S/C14H21N/c1-11(2)12-4-6-13(7-5-12)14-8-9-15(3)10-14/h4-7,11,14H,8-10H2,1-3H3. The second-order valence-corrected chi connectivity index (χ2v) is 5.07. The van der Waals surface area contributed by atoms with Gasteiger partial charge in [-0.15, -0.1) is 0 Å². The first-order valence-electron chi connectivity index (χ1n) is 5.95. The summed E-state index contributed by atoms with van der Waals surface area (Å²) >= 11 is 0. The van der Waals surface area contributed by atoms with Crippen molar-refractivity contribution in [3.63, 3.8) is 0 Å². The molecule has 0 N–H and O–H groups in total. The maximum absolute atomic E-state index is 2.42. The van der Waals surface area contributed by atoms with Gasteiger partial charge in [0, 0.05) is 6.54 Å². The molecule has 1 heteroatoms. The lowest BCUT2D eigenvalue weighted by molar-refractivity contribution is 0.411. The van der Waals surface area contributed by atoms with Gasteiger partial charge in [0.25, 0.3) is 0 Å². The fourth-order valence-electron chi connectivity index (χ4n) is 2.36. The summed E-state index contributed by atoms with van der Waals surface area (Å²) in [6, 6.07) is 9.22. The van der Waals surface area contributed by atoms with Crippen molar-refractivity contribution in [3.8, 4) is 0 Å². The van der Waals surface area contributed by atoms with E-state index in [2.05, 4.69) is 50.1 Å². The smallest absolute Gasteiger partial charge is 0.00477 e. The van der Waals surface area contributed by atoms with E-state index in [9.17, 15) is 0 Å². The molecule has 0 bridgehead atoms. The Morgan fingerprint density at radius 1 is 1.20 bits per heavy atom. The number of hydrogen-bond donors (Lipinski definition) is 0. The van der Waals surface area contributed by atoms with Crippen LogP contribution in [0.25, 0.3) is 0 Å². The van der Waals surface area contributed by atoms with Gasteiger partial charge in [-0.2, -0.15) is 0 Å². The maximum atomic E-state index is 2.42. The molecule has 1 aliphatic rings. The van der Waals surface area contributed by atoms with E-state index in [0.29, 0.717) is 5.92 Å². The van der Waals surface area contributed by atoms with Gasteiger partial charge in [-0.05, 0) is 43.0 Å². The molecule has 1 saturated heterocycles. The molecule has 2 rings (SSSR count). The van der Waals surface area contributed by atoms with Crippen LogP contribution in [0.2, 0.25) is 0 Å². The van der Waals surface area contributed by atoms with Crippen LogP contribution in [0.4, 0.5) is 0 Å². The number of hydrogen-bond acceptors (Lipinski definition) is 1. The third-order valence-corrected chi connectivity index (χ3v) is 3.47. The van der Waals surface area contributed by atoms with Gasteiger partial charge in [0.1, 0.15) is 0 Å². The highest BCUT2D eigenvalue weighted by Gasteiger charge is 2.20. The summed E-state index contributed by atoms with van der Waals surface area (Å²) in [5.41, 5.74) is 2.97. The van der Waals surface area contributed by atoms with Crippen molar-refractivity contribution in [2.24, 2.45) is 0 Å². The number of rotatable bonds is 2. The van der Waals surface area contributed by atoms with E-state index < -0.39 is 0 Å². The predicted molar refractivity (Wildman–Crippen MR) is 65.4 cm³/mol. The van der Waals surface area contributed by atoms with Crippen LogP contribution >= 0.6 is 0 Å². The van der Waals surface area contributed by atoms with Crippen LogP contribution in [0, 0.1) is 0 Å². The minimum absolute atomic E-state index is 0.644. The summed E-state index contributed by atoms with van der Waals surface area (Å²) in [7, 11) is 2.21. The fourth-order valence-corrected chi connectivity index (χ4v) is 2.36. The molecule has 1 aliphatic heterocycles. The van der Waals surface area contributed by atoms with E-state index >= 15 is 0 Å². The minimum Gasteiger partial charge on any atom is -0.306 e. The van der Waals surface area contributed by atoms with Crippen LogP contribution in [0.1, 0.15) is 43.2 Å². The Kier molecular flexibility index (Phi) is 3.11. The Bertz CT molecular complexity index is 313. The third kappa shape index (κ3) is 2.40. The van der Waals surface area contributed by atoms with Crippen molar-refractivity contribution in [2.75, 3.05) is 20.1 Å². The largest absolute Gasteiger partial charge is 0.306 e. The van der Waals surface area contributed by atoms with Gasteiger partial charge in [-0.3, -0.25) is 0 Å². The molecule has 1 aromatic carbocycles. The van der Waals surface area contributed by atoms with Gasteiger partial charge < -0.3 is 4.90 Å². The second kappa shape index (κ2) is 4.36. The van der Waals surface area contributed by atoms with Crippen LogP contribution in [0.5, 0.6) is 0 Å². The monoisotopic (exact) mass is 203 g/mol. The van der Waals surface area contributed by atoms with Crippen molar-refractivity contribution < 1.29 is 0 Å². The Balaban J connectivity index is 2.10. The van der Waals surface area contributed by atoms with Gasteiger partial charge in [-0.25, -0.2) is 0 Å². The van der Waals surface area contributed by atoms with Gasteiger partial charge in [0.05, 0.1) is 0 Å². The maximum Gasteiger partial charge on any atom is 0.00477 e. The van der Waals surface area contributed by atoms with Crippen molar-refractivity contribution in [3.05, 3.63) is 35.4 Å². The highest BCUT2D eigenvalue weighted by atomic mass is 15.1. The van der Waals surface area contributed by atoms with Crippen molar-refractivity contribution in [2.45, 2.75) is 32.1 Å². The van der Waals surface area contributed by atoms with Crippen LogP contribution in [-0.2, 0) is 0 Å². The zero-order chi connectivity index (χ0) is 10.8. The Morgan fingerprint density at radius 2 is 1.87 bits per heavy atom. The van der Waals surface area contributed by atoms with Gasteiger partial charge in [0.15, 0.2) is 0 Å². The van der Waals surface area contributed by atoms with E-state index in [-0.39, 0.29) is 0 Å². The lowest BCUT2D eigenvalue weighted by Crippen LogP contribution is -2.13. The number of likely N-dealkylation sites (tertiary alicyclic amines) is 1. The van der Waals surface area contributed by atoms with E-state index in [0.717, 1.165) is 5.92 Å². The number of benzene rings is 1. The number of nitrogens with zero attached hydrogens (tertiary/aromatic N) is 1.